The smallest absolute Gasteiger partial charge is 0.319 e. The van der Waals surface area contributed by atoms with Crippen molar-refractivity contribution in [3.05, 3.63) is 29.8 Å². The van der Waals surface area contributed by atoms with Gasteiger partial charge in [0.15, 0.2) is 0 Å². The van der Waals surface area contributed by atoms with Gasteiger partial charge in [-0.25, -0.2) is 4.79 Å². The monoisotopic (exact) mass is 360 g/mol. The summed E-state index contributed by atoms with van der Waals surface area (Å²) in [5.74, 6) is 0.482. The Balaban J connectivity index is 1.79. The van der Waals surface area contributed by atoms with Gasteiger partial charge in [-0.2, -0.15) is 0 Å². The Morgan fingerprint density at radius 1 is 1.31 bits per heavy atom. The van der Waals surface area contributed by atoms with Crippen LogP contribution in [0.3, 0.4) is 0 Å². The van der Waals surface area contributed by atoms with Gasteiger partial charge >= 0.3 is 6.03 Å². The van der Waals surface area contributed by atoms with Gasteiger partial charge in [0, 0.05) is 25.3 Å². The van der Waals surface area contributed by atoms with Crippen molar-refractivity contribution in [1.29, 1.82) is 0 Å². The van der Waals surface area contributed by atoms with Crippen LogP contribution < -0.4 is 16.4 Å². The molecule has 144 valence electrons. The number of aryl methyl sites for hydroxylation is 1. The van der Waals surface area contributed by atoms with E-state index in [1.54, 1.807) is 0 Å². The SMILES string of the molecule is CCC(C)C(N)C(=O)N1CCCC(CNC(=O)Nc2ccc(C)cc2)C1. The van der Waals surface area contributed by atoms with Gasteiger partial charge in [0.25, 0.3) is 0 Å². The first-order valence-electron chi connectivity index (χ1n) is 9.56. The second-order valence-corrected chi connectivity index (χ2v) is 7.40. The third-order valence-corrected chi connectivity index (χ3v) is 5.23. The molecule has 1 aliphatic heterocycles. The van der Waals surface area contributed by atoms with Crippen LogP contribution in [0, 0.1) is 18.8 Å². The number of benzene rings is 1. The number of rotatable bonds is 6. The molecule has 0 aliphatic carbocycles. The van der Waals surface area contributed by atoms with E-state index in [-0.39, 0.29) is 23.8 Å². The number of nitrogens with one attached hydrogen (secondary N) is 2. The first-order valence-corrected chi connectivity index (χ1v) is 9.56. The first kappa shape index (κ1) is 20.2. The van der Waals surface area contributed by atoms with E-state index < -0.39 is 6.04 Å². The Labute approximate surface area is 156 Å². The number of carbonyl (C=O) groups is 2. The molecule has 3 amide bonds. The minimum Gasteiger partial charge on any atom is -0.341 e. The lowest BCUT2D eigenvalue weighted by atomic mass is 9.94. The zero-order valence-electron chi connectivity index (χ0n) is 16.1. The van der Waals surface area contributed by atoms with Gasteiger partial charge in [-0.1, -0.05) is 38.0 Å². The molecule has 1 heterocycles. The van der Waals surface area contributed by atoms with Crippen molar-refractivity contribution >= 4 is 17.6 Å². The van der Waals surface area contributed by atoms with Crippen LogP contribution >= 0.6 is 0 Å². The number of hydrogen-bond donors (Lipinski definition) is 3. The number of likely N-dealkylation sites (tertiary alicyclic amines) is 1. The second-order valence-electron chi connectivity index (χ2n) is 7.40. The quantitative estimate of drug-likeness (QED) is 0.729. The maximum atomic E-state index is 12.6. The van der Waals surface area contributed by atoms with Crippen molar-refractivity contribution in [2.24, 2.45) is 17.6 Å². The molecule has 3 atom stereocenters. The predicted molar refractivity (Wildman–Crippen MR) is 105 cm³/mol. The molecule has 0 saturated carbocycles. The molecule has 0 bridgehead atoms. The lowest BCUT2D eigenvalue weighted by Crippen LogP contribution is -2.51. The molecule has 6 heteroatoms. The highest BCUT2D eigenvalue weighted by Gasteiger charge is 2.29. The van der Waals surface area contributed by atoms with Gasteiger partial charge in [0.05, 0.1) is 6.04 Å². The van der Waals surface area contributed by atoms with E-state index in [4.69, 9.17) is 5.73 Å². The Morgan fingerprint density at radius 3 is 2.65 bits per heavy atom. The van der Waals surface area contributed by atoms with Gasteiger partial charge in [0.1, 0.15) is 0 Å². The van der Waals surface area contributed by atoms with Crippen LogP contribution in [0.25, 0.3) is 0 Å². The van der Waals surface area contributed by atoms with Gasteiger partial charge in [-0.05, 0) is 43.7 Å². The van der Waals surface area contributed by atoms with Gasteiger partial charge < -0.3 is 21.3 Å². The summed E-state index contributed by atoms with van der Waals surface area (Å²) >= 11 is 0. The van der Waals surface area contributed by atoms with Crippen molar-refractivity contribution in [1.82, 2.24) is 10.2 Å². The van der Waals surface area contributed by atoms with Gasteiger partial charge in [-0.15, -0.1) is 0 Å². The summed E-state index contributed by atoms with van der Waals surface area (Å²) in [5.41, 5.74) is 8.02. The Kier molecular flexibility index (Phi) is 7.45. The minimum absolute atomic E-state index is 0.0353. The molecule has 1 aromatic rings. The summed E-state index contributed by atoms with van der Waals surface area (Å²) in [6, 6.07) is 7.03. The standard InChI is InChI=1S/C20H32N4O2/c1-4-15(3)18(21)19(25)24-11-5-6-16(13-24)12-22-20(26)23-17-9-7-14(2)8-10-17/h7-10,15-16,18H,4-6,11-13,21H2,1-3H3,(H2,22,23,26). The maximum Gasteiger partial charge on any atom is 0.319 e. The molecule has 6 nitrogen and oxygen atoms in total. The topological polar surface area (TPSA) is 87.5 Å². The Bertz CT molecular complexity index is 602. The highest BCUT2D eigenvalue weighted by atomic mass is 16.2. The fourth-order valence-electron chi connectivity index (χ4n) is 3.19. The van der Waals surface area contributed by atoms with Crippen molar-refractivity contribution in [3.8, 4) is 0 Å². The van der Waals surface area contributed by atoms with Crippen LogP contribution in [0.5, 0.6) is 0 Å². The number of nitrogens with two attached hydrogens (primary N) is 1. The van der Waals surface area contributed by atoms with E-state index in [0.29, 0.717) is 13.1 Å². The number of amides is 3. The van der Waals surface area contributed by atoms with Crippen LogP contribution in [0.4, 0.5) is 10.5 Å². The van der Waals surface area contributed by atoms with Crippen molar-refractivity contribution < 1.29 is 9.59 Å². The van der Waals surface area contributed by atoms with E-state index in [0.717, 1.165) is 37.1 Å². The van der Waals surface area contributed by atoms with Crippen molar-refractivity contribution in [3.63, 3.8) is 0 Å². The molecule has 26 heavy (non-hydrogen) atoms. The summed E-state index contributed by atoms with van der Waals surface area (Å²) < 4.78 is 0. The zero-order valence-corrected chi connectivity index (χ0v) is 16.1. The molecule has 1 saturated heterocycles. The number of nitrogens with zero attached hydrogens (tertiary/aromatic N) is 1. The van der Waals surface area contributed by atoms with E-state index in [1.807, 2.05) is 49.9 Å². The minimum atomic E-state index is -0.434. The number of piperidine rings is 1. The van der Waals surface area contributed by atoms with E-state index >= 15 is 0 Å². The van der Waals surface area contributed by atoms with Crippen LogP contribution in [-0.4, -0.2) is 42.5 Å². The average Bonchev–Trinajstić information content (AvgIpc) is 2.66. The van der Waals surface area contributed by atoms with Crippen LogP contribution in [0.2, 0.25) is 0 Å². The van der Waals surface area contributed by atoms with Crippen LogP contribution in [-0.2, 0) is 4.79 Å². The molecule has 1 fully saturated rings. The molecule has 3 unspecified atom stereocenters. The third kappa shape index (κ3) is 5.73. The number of anilines is 1. The Hall–Kier alpha value is -2.08. The molecule has 1 aromatic carbocycles. The molecule has 4 N–H and O–H groups in total. The van der Waals surface area contributed by atoms with E-state index in [1.165, 1.54) is 0 Å². The van der Waals surface area contributed by atoms with E-state index in [2.05, 4.69) is 10.6 Å². The molecule has 2 rings (SSSR count). The molecular formula is C20H32N4O2. The van der Waals surface area contributed by atoms with Crippen LogP contribution in [0.1, 0.15) is 38.7 Å². The van der Waals surface area contributed by atoms with E-state index in [9.17, 15) is 9.59 Å². The fourth-order valence-corrected chi connectivity index (χ4v) is 3.19. The summed E-state index contributed by atoms with van der Waals surface area (Å²) in [5, 5.41) is 5.75. The second kappa shape index (κ2) is 9.57. The summed E-state index contributed by atoms with van der Waals surface area (Å²) in [6.45, 7) is 8.05. The number of urea groups is 1. The number of carbonyl (C=O) groups excluding carboxylic acids is 2. The third-order valence-electron chi connectivity index (χ3n) is 5.23. The summed E-state index contributed by atoms with van der Waals surface area (Å²) in [6.07, 6.45) is 2.85. The largest absolute Gasteiger partial charge is 0.341 e. The van der Waals surface area contributed by atoms with Crippen molar-refractivity contribution in [2.75, 3.05) is 25.0 Å². The zero-order chi connectivity index (χ0) is 19.1. The first-order chi connectivity index (χ1) is 12.4. The molecule has 0 radical (unpaired) electrons. The highest BCUT2D eigenvalue weighted by molar-refractivity contribution is 5.89. The van der Waals surface area contributed by atoms with Gasteiger partial charge in [0.2, 0.25) is 5.91 Å². The van der Waals surface area contributed by atoms with Gasteiger partial charge in [-0.3, -0.25) is 4.79 Å². The fraction of sp³-hybridized carbons (Fsp3) is 0.600. The molecular weight excluding hydrogens is 328 g/mol. The normalized spacial score (nSPS) is 19.5. The molecule has 0 spiro atoms. The molecule has 0 aromatic heterocycles. The Morgan fingerprint density at radius 2 is 2.00 bits per heavy atom. The van der Waals surface area contributed by atoms with Crippen molar-refractivity contribution in [2.45, 2.75) is 46.1 Å². The summed E-state index contributed by atoms with van der Waals surface area (Å²) in [4.78, 5) is 26.5. The lowest BCUT2D eigenvalue weighted by molar-refractivity contribution is -0.135. The highest BCUT2D eigenvalue weighted by Crippen LogP contribution is 2.18. The molecule has 1 aliphatic rings. The lowest BCUT2D eigenvalue weighted by Gasteiger charge is -2.35. The predicted octanol–water partition coefficient (Wildman–Crippen LogP) is 2.73. The van der Waals surface area contributed by atoms with Crippen LogP contribution in [0.15, 0.2) is 24.3 Å². The number of hydrogen-bond acceptors (Lipinski definition) is 3. The average molecular weight is 361 g/mol. The summed E-state index contributed by atoms with van der Waals surface area (Å²) in [7, 11) is 0. The maximum absolute atomic E-state index is 12.6.